The number of rotatable bonds is 5. The van der Waals surface area contributed by atoms with Crippen LogP contribution in [0.4, 0.5) is 0 Å². The molecule has 2 aromatic heterocycles. The fourth-order valence-corrected chi connectivity index (χ4v) is 3.99. The topological polar surface area (TPSA) is 59.3 Å². The van der Waals surface area contributed by atoms with Gasteiger partial charge in [0.1, 0.15) is 0 Å². The van der Waals surface area contributed by atoms with E-state index >= 15 is 0 Å². The smallest absolute Gasteiger partial charge is 0.220 e. The first kappa shape index (κ1) is 19.6. The number of aryl methyl sites for hydroxylation is 2. The van der Waals surface area contributed by atoms with E-state index in [1.54, 1.807) is 0 Å². The van der Waals surface area contributed by atoms with Crippen molar-refractivity contribution in [1.29, 1.82) is 0 Å². The molecule has 0 saturated carbocycles. The molecule has 0 radical (unpaired) electrons. The van der Waals surface area contributed by atoms with Crippen LogP contribution in [-0.2, 0) is 11.2 Å². The fraction of sp³-hybridized carbons (Fsp3) is 0.261. The van der Waals surface area contributed by atoms with Crippen molar-refractivity contribution in [1.82, 2.24) is 19.9 Å². The molecule has 1 unspecified atom stereocenters. The largest absolute Gasteiger partial charge is 0.350 e. The highest BCUT2D eigenvalue weighted by Crippen LogP contribution is 2.23. The van der Waals surface area contributed by atoms with Gasteiger partial charge in [0.2, 0.25) is 5.91 Å². The Balaban J connectivity index is 1.51. The van der Waals surface area contributed by atoms with Gasteiger partial charge in [-0.15, -0.1) is 0 Å². The molecule has 0 bridgehead atoms. The lowest BCUT2D eigenvalue weighted by Gasteiger charge is -2.15. The van der Waals surface area contributed by atoms with Gasteiger partial charge in [0.15, 0.2) is 5.65 Å². The Morgan fingerprint density at radius 1 is 1.14 bits per heavy atom. The number of aromatic nitrogens is 3. The van der Waals surface area contributed by atoms with Gasteiger partial charge in [-0.3, -0.25) is 4.79 Å². The van der Waals surface area contributed by atoms with Crippen LogP contribution in [0.3, 0.4) is 0 Å². The predicted molar refractivity (Wildman–Crippen MR) is 119 cm³/mol. The standard InChI is InChI=1S/C23H23BrN4O/c1-14(17-8-10-18(24)11-9-17)25-22(29)13-12-19-15(2)26-23-20-6-4-5-7-21(20)27-28(23)16(19)3/h4-11,14H,12-13H2,1-3H3,(H,25,29). The van der Waals surface area contributed by atoms with Gasteiger partial charge in [0, 0.05) is 27.7 Å². The number of carbonyl (C=O) groups is 1. The van der Waals surface area contributed by atoms with E-state index in [0.29, 0.717) is 12.8 Å². The quantitative estimate of drug-likeness (QED) is 0.461. The van der Waals surface area contributed by atoms with Crippen LogP contribution in [0.15, 0.2) is 53.0 Å². The SMILES string of the molecule is Cc1nc2c3ccccc3nn2c(C)c1CCC(=O)NC(C)c1ccc(Br)cc1. The molecule has 0 saturated heterocycles. The number of amides is 1. The van der Waals surface area contributed by atoms with E-state index in [-0.39, 0.29) is 11.9 Å². The second kappa shape index (κ2) is 7.95. The Morgan fingerprint density at radius 2 is 1.86 bits per heavy atom. The molecule has 0 aliphatic rings. The summed E-state index contributed by atoms with van der Waals surface area (Å²) in [7, 11) is 0. The zero-order chi connectivity index (χ0) is 20.5. The van der Waals surface area contributed by atoms with Gasteiger partial charge in [-0.05, 0) is 62.6 Å². The summed E-state index contributed by atoms with van der Waals surface area (Å²) < 4.78 is 2.93. The summed E-state index contributed by atoms with van der Waals surface area (Å²) in [6, 6.07) is 16.0. The third kappa shape index (κ3) is 3.90. The van der Waals surface area contributed by atoms with Gasteiger partial charge in [-0.1, -0.05) is 40.2 Å². The van der Waals surface area contributed by atoms with E-state index in [1.165, 1.54) is 0 Å². The minimum absolute atomic E-state index is 0.0324. The van der Waals surface area contributed by atoms with Crippen molar-refractivity contribution in [3.8, 4) is 0 Å². The number of halogens is 1. The zero-order valence-electron chi connectivity index (χ0n) is 16.7. The summed E-state index contributed by atoms with van der Waals surface area (Å²) in [6.07, 6.45) is 1.05. The van der Waals surface area contributed by atoms with Crippen LogP contribution in [-0.4, -0.2) is 20.5 Å². The van der Waals surface area contributed by atoms with E-state index in [2.05, 4.69) is 26.3 Å². The number of nitrogens with one attached hydrogen (secondary N) is 1. The number of carbonyl (C=O) groups excluding carboxylic acids is 1. The van der Waals surface area contributed by atoms with Gasteiger partial charge >= 0.3 is 0 Å². The van der Waals surface area contributed by atoms with Gasteiger partial charge in [0.25, 0.3) is 0 Å². The van der Waals surface area contributed by atoms with Crippen molar-refractivity contribution in [3.05, 3.63) is 75.5 Å². The molecule has 4 aromatic rings. The first-order valence-corrected chi connectivity index (χ1v) is 10.5. The summed E-state index contributed by atoms with van der Waals surface area (Å²) >= 11 is 3.44. The monoisotopic (exact) mass is 450 g/mol. The maximum atomic E-state index is 12.5. The lowest BCUT2D eigenvalue weighted by atomic mass is 10.1. The van der Waals surface area contributed by atoms with Crippen LogP contribution in [0.25, 0.3) is 16.6 Å². The Kier molecular flexibility index (Phi) is 5.37. The molecule has 148 valence electrons. The van der Waals surface area contributed by atoms with Crippen LogP contribution < -0.4 is 5.32 Å². The molecule has 0 aliphatic heterocycles. The molecular formula is C23H23BrN4O. The van der Waals surface area contributed by atoms with Crippen molar-refractivity contribution in [3.63, 3.8) is 0 Å². The molecule has 1 atom stereocenters. The van der Waals surface area contributed by atoms with Crippen molar-refractivity contribution < 1.29 is 4.79 Å². The number of hydrogen-bond acceptors (Lipinski definition) is 3. The van der Waals surface area contributed by atoms with Crippen molar-refractivity contribution in [2.45, 2.75) is 39.7 Å². The lowest BCUT2D eigenvalue weighted by molar-refractivity contribution is -0.121. The maximum Gasteiger partial charge on any atom is 0.220 e. The molecule has 2 aromatic carbocycles. The molecule has 1 amide bonds. The maximum absolute atomic E-state index is 12.5. The summed E-state index contributed by atoms with van der Waals surface area (Å²) in [5.41, 5.74) is 5.96. The summed E-state index contributed by atoms with van der Waals surface area (Å²) in [4.78, 5) is 17.3. The van der Waals surface area contributed by atoms with Crippen LogP contribution in [0.1, 0.15) is 41.9 Å². The van der Waals surface area contributed by atoms with Crippen molar-refractivity contribution in [2.24, 2.45) is 0 Å². The molecule has 4 rings (SSSR count). The summed E-state index contributed by atoms with van der Waals surface area (Å²) in [5, 5.41) is 8.82. The molecule has 2 heterocycles. The minimum atomic E-state index is -0.0326. The van der Waals surface area contributed by atoms with Crippen LogP contribution in [0, 0.1) is 13.8 Å². The van der Waals surface area contributed by atoms with Gasteiger partial charge < -0.3 is 5.32 Å². The van der Waals surface area contributed by atoms with Crippen molar-refractivity contribution in [2.75, 3.05) is 0 Å². The van der Waals surface area contributed by atoms with Gasteiger partial charge in [-0.25, -0.2) is 9.50 Å². The molecular weight excluding hydrogens is 428 g/mol. The first-order valence-electron chi connectivity index (χ1n) is 9.72. The Bertz CT molecular complexity index is 1200. The summed E-state index contributed by atoms with van der Waals surface area (Å²) in [5.74, 6) is 0.0324. The van der Waals surface area contributed by atoms with E-state index in [0.717, 1.165) is 43.5 Å². The van der Waals surface area contributed by atoms with Crippen LogP contribution in [0.2, 0.25) is 0 Å². The molecule has 0 aliphatic carbocycles. The Labute approximate surface area is 178 Å². The average Bonchev–Trinajstić information content (AvgIpc) is 3.07. The minimum Gasteiger partial charge on any atom is -0.350 e. The van der Waals surface area contributed by atoms with E-state index in [9.17, 15) is 4.79 Å². The van der Waals surface area contributed by atoms with Crippen molar-refractivity contribution >= 4 is 38.4 Å². The highest BCUT2D eigenvalue weighted by molar-refractivity contribution is 9.10. The molecule has 29 heavy (non-hydrogen) atoms. The normalized spacial score (nSPS) is 12.4. The number of hydrogen-bond donors (Lipinski definition) is 1. The third-order valence-corrected chi connectivity index (χ3v) is 5.90. The van der Waals surface area contributed by atoms with Crippen LogP contribution in [0.5, 0.6) is 0 Å². The summed E-state index contributed by atoms with van der Waals surface area (Å²) in [6.45, 7) is 6.05. The second-order valence-electron chi connectivity index (χ2n) is 7.35. The second-order valence-corrected chi connectivity index (χ2v) is 8.27. The number of benzene rings is 2. The predicted octanol–water partition coefficient (Wildman–Crippen LogP) is 5.07. The first-order chi connectivity index (χ1) is 13.9. The molecule has 1 N–H and O–H groups in total. The van der Waals surface area contributed by atoms with Gasteiger partial charge in [0.05, 0.1) is 11.6 Å². The molecule has 0 spiro atoms. The van der Waals surface area contributed by atoms with E-state index in [1.807, 2.05) is 73.8 Å². The fourth-order valence-electron chi connectivity index (χ4n) is 3.73. The number of fused-ring (bicyclic) bond motifs is 3. The van der Waals surface area contributed by atoms with E-state index in [4.69, 9.17) is 4.98 Å². The highest BCUT2D eigenvalue weighted by atomic mass is 79.9. The Hall–Kier alpha value is -2.73. The zero-order valence-corrected chi connectivity index (χ0v) is 18.3. The molecule has 0 fully saturated rings. The lowest BCUT2D eigenvalue weighted by Crippen LogP contribution is -2.27. The number of nitrogens with zero attached hydrogens (tertiary/aromatic N) is 3. The third-order valence-electron chi connectivity index (χ3n) is 5.37. The van der Waals surface area contributed by atoms with E-state index < -0.39 is 0 Å². The highest BCUT2D eigenvalue weighted by Gasteiger charge is 2.16. The van der Waals surface area contributed by atoms with Crippen LogP contribution >= 0.6 is 15.9 Å². The van der Waals surface area contributed by atoms with Gasteiger partial charge in [-0.2, -0.15) is 5.10 Å². The Morgan fingerprint density at radius 3 is 2.62 bits per heavy atom. The molecule has 6 heteroatoms. The molecule has 5 nitrogen and oxygen atoms in total. The average molecular weight is 451 g/mol.